The lowest BCUT2D eigenvalue weighted by Gasteiger charge is -2.16. The third kappa shape index (κ3) is 7.30. The van der Waals surface area contributed by atoms with Gasteiger partial charge in [-0.3, -0.25) is 0 Å². The molecule has 0 aliphatic rings. The molecule has 0 spiro atoms. The molecule has 3 rings (SSSR count). The highest BCUT2D eigenvalue weighted by molar-refractivity contribution is 9.10. The van der Waals surface area contributed by atoms with Crippen LogP contribution in [0.15, 0.2) is 59.1 Å². The Hall–Kier alpha value is -1.43. The average Bonchev–Trinajstić information content (AvgIpc) is 2.75. The van der Waals surface area contributed by atoms with Crippen molar-refractivity contribution in [2.45, 2.75) is 26.5 Å². The van der Waals surface area contributed by atoms with E-state index in [0.29, 0.717) is 41.3 Å². The maximum absolute atomic E-state index is 6.10. The van der Waals surface area contributed by atoms with Crippen molar-refractivity contribution >= 4 is 50.7 Å². The predicted octanol–water partition coefficient (Wildman–Crippen LogP) is 7.72. The Morgan fingerprint density at radius 2 is 1.55 bits per heavy atom. The molecule has 0 amide bonds. The highest BCUT2D eigenvalue weighted by Gasteiger charge is 2.12. The number of halogens is 4. The van der Waals surface area contributed by atoms with Crippen molar-refractivity contribution in [2.24, 2.45) is 0 Å². The molecule has 0 heterocycles. The predicted molar refractivity (Wildman–Crippen MR) is 133 cm³/mol. The van der Waals surface area contributed by atoms with Crippen molar-refractivity contribution in [3.63, 3.8) is 0 Å². The van der Waals surface area contributed by atoms with Crippen LogP contribution in [0.4, 0.5) is 0 Å². The number of hydrogen-bond donors (Lipinski definition) is 1. The summed E-state index contributed by atoms with van der Waals surface area (Å²) < 4.78 is 12.8. The SMILES string of the molecule is CCOc1cc(CNCCc2ccc(Cl)cc2)c(Br)cc1OCc1ccc(Cl)c(Cl)c1. The van der Waals surface area contributed by atoms with E-state index in [0.717, 1.165) is 33.6 Å². The summed E-state index contributed by atoms with van der Waals surface area (Å²) in [5.41, 5.74) is 3.28. The standard InChI is InChI=1S/C24H23BrCl3NO2/c1-2-30-23-12-18(14-29-10-9-16-3-6-19(26)7-4-16)20(25)13-24(23)31-15-17-5-8-21(27)22(28)11-17/h3-8,11-13,29H,2,9-10,14-15H2,1H3. The summed E-state index contributed by atoms with van der Waals surface area (Å²) in [6, 6.07) is 17.3. The van der Waals surface area contributed by atoms with E-state index in [4.69, 9.17) is 44.3 Å². The lowest BCUT2D eigenvalue weighted by molar-refractivity contribution is 0.269. The molecule has 0 aliphatic heterocycles. The Balaban J connectivity index is 1.61. The van der Waals surface area contributed by atoms with E-state index in [9.17, 15) is 0 Å². The van der Waals surface area contributed by atoms with E-state index in [1.54, 1.807) is 12.1 Å². The lowest BCUT2D eigenvalue weighted by Crippen LogP contribution is -2.17. The molecule has 0 fully saturated rings. The molecule has 0 saturated carbocycles. The van der Waals surface area contributed by atoms with Gasteiger partial charge < -0.3 is 14.8 Å². The maximum atomic E-state index is 6.10. The molecular weight excluding hydrogens is 521 g/mol. The van der Waals surface area contributed by atoms with Crippen LogP contribution in [0, 0.1) is 0 Å². The van der Waals surface area contributed by atoms with Gasteiger partial charge in [0.15, 0.2) is 11.5 Å². The van der Waals surface area contributed by atoms with E-state index in [1.807, 2.05) is 49.4 Å². The summed E-state index contributed by atoms with van der Waals surface area (Å²) >= 11 is 21.7. The molecule has 164 valence electrons. The van der Waals surface area contributed by atoms with Gasteiger partial charge >= 0.3 is 0 Å². The van der Waals surface area contributed by atoms with Crippen LogP contribution in [-0.2, 0) is 19.6 Å². The summed E-state index contributed by atoms with van der Waals surface area (Å²) in [6.07, 6.45) is 0.929. The van der Waals surface area contributed by atoms with Crippen LogP contribution in [0.25, 0.3) is 0 Å². The molecule has 0 radical (unpaired) electrons. The fraction of sp³-hybridized carbons (Fsp3) is 0.250. The molecule has 3 nitrogen and oxygen atoms in total. The summed E-state index contributed by atoms with van der Waals surface area (Å²) in [4.78, 5) is 0. The smallest absolute Gasteiger partial charge is 0.162 e. The highest BCUT2D eigenvalue weighted by Crippen LogP contribution is 2.35. The average molecular weight is 544 g/mol. The van der Waals surface area contributed by atoms with E-state index in [-0.39, 0.29) is 0 Å². The van der Waals surface area contributed by atoms with Crippen LogP contribution in [-0.4, -0.2) is 13.2 Å². The molecule has 3 aromatic carbocycles. The van der Waals surface area contributed by atoms with Gasteiger partial charge in [-0.05, 0) is 73.0 Å². The molecule has 1 N–H and O–H groups in total. The molecule has 31 heavy (non-hydrogen) atoms. The first kappa shape index (κ1) is 24.2. The Morgan fingerprint density at radius 3 is 2.26 bits per heavy atom. The molecule has 0 bridgehead atoms. The topological polar surface area (TPSA) is 30.5 Å². The number of nitrogens with one attached hydrogen (secondary N) is 1. The Kier molecular flexibility index (Phi) is 9.36. The highest BCUT2D eigenvalue weighted by atomic mass is 79.9. The molecule has 0 unspecified atom stereocenters. The molecular formula is C24H23BrCl3NO2. The van der Waals surface area contributed by atoms with Gasteiger partial charge in [0.05, 0.1) is 16.7 Å². The van der Waals surface area contributed by atoms with Crippen molar-refractivity contribution < 1.29 is 9.47 Å². The van der Waals surface area contributed by atoms with Gasteiger partial charge in [0.25, 0.3) is 0 Å². The monoisotopic (exact) mass is 541 g/mol. The third-order valence-electron chi connectivity index (χ3n) is 4.61. The fourth-order valence-electron chi connectivity index (χ4n) is 2.99. The first-order chi connectivity index (χ1) is 15.0. The Labute approximate surface area is 206 Å². The second-order valence-electron chi connectivity index (χ2n) is 6.91. The Morgan fingerprint density at radius 1 is 0.839 bits per heavy atom. The van der Waals surface area contributed by atoms with Crippen LogP contribution in [0.1, 0.15) is 23.6 Å². The molecule has 0 atom stereocenters. The van der Waals surface area contributed by atoms with Crippen molar-refractivity contribution in [3.05, 3.63) is 90.8 Å². The van der Waals surface area contributed by atoms with Gasteiger partial charge in [0, 0.05) is 16.0 Å². The van der Waals surface area contributed by atoms with Crippen LogP contribution in [0.2, 0.25) is 15.1 Å². The van der Waals surface area contributed by atoms with Crippen LogP contribution in [0.3, 0.4) is 0 Å². The van der Waals surface area contributed by atoms with Crippen molar-refractivity contribution in [1.82, 2.24) is 5.32 Å². The zero-order valence-corrected chi connectivity index (χ0v) is 20.9. The Bertz CT molecular complexity index is 1010. The first-order valence-electron chi connectivity index (χ1n) is 9.93. The van der Waals surface area contributed by atoms with E-state index < -0.39 is 0 Å². The molecule has 0 aliphatic carbocycles. The van der Waals surface area contributed by atoms with E-state index >= 15 is 0 Å². The van der Waals surface area contributed by atoms with Crippen LogP contribution < -0.4 is 14.8 Å². The van der Waals surface area contributed by atoms with Gasteiger partial charge in [-0.1, -0.05) is 68.9 Å². The normalized spacial score (nSPS) is 10.9. The van der Waals surface area contributed by atoms with Crippen molar-refractivity contribution in [2.75, 3.05) is 13.2 Å². The van der Waals surface area contributed by atoms with Gasteiger partial charge in [-0.2, -0.15) is 0 Å². The summed E-state index contributed by atoms with van der Waals surface area (Å²) in [5, 5.41) is 5.26. The van der Waals surface area contributed by atoms with Crippen LogP contribution in [0.5, 0.6) is 11.5 Å². The van der Waals surface area contributed by atoms with Crippen LogP contribution >= 0.6 is 50.7 Å². The number of benzene rings is 3. The zero-order chi connectivity index (χ0) is 22.2. The minimum absolute atomic E-state index is 0.363. The van der Waals surface area contributed by atoms with E-state index in [2.05, 4.69) is 21.2 Å². The third-order valence-corrected chi connectivity index (χ3v) is 6.34. The van der Waals surface area contributed by atoms with E-state index in [1.165, 1.54) is 5.56 Å². The minimum atomic E-state index is 0.363. The number of rotatable bonds is 10. The molecule has 3 aromatic rings. The van der Waals surface area contributed by atoms with Crippen molar-refractivity contribution in [3.8, 4) is 11.5 Å². The van der Waals surface area contributed by atoms with Crippen molar-refractivity contribution in [1.29, 1.82) is 0 Å². The summed E-state index contributed by atoms with van der Waals surface area (Å²) in [5.74, 6) is 1.38. The van der Waals surface area contributed by atoms with Gasteiger partial charge in [-0.25, -0.2) is 0 Å². The van der Waals surface area contributed by atoms with Gasteiger partial charge in [0.2, 0.25) is 0 Å². The fourth-order valence-corrected chi connectivity index (χ4v) is 3.90. The molecule has 0 saturated heterocycles. The second-order valence-corrected chi connectivity index (χ2v) is 9.02. The number of ether oxygens (including phenoxy) is 2. The molecule has 0 aromatic heterocycles. The quantitative estimate of drug-likeness (QED) is 0.266. The molecule has 7 heteroatoms. The van der Waals surface area contributed by atoms with Gasteiger partial charge in [0.1, 0.15) is 6.61 Å². The number of hydrogen-bond acceptors (Lipinski definition) is 3. The summed E-state index contributed by atoms with van der Waals surface area (Å²) in [7, 11) is 0. The maximum Gasteiger partial charge on any atom is 0.162 e. The minimum Gasteiger partial charge on any atom is -0.490 e. The second kappa shape index (κ2) is 12.0. The lowest BCUT2D eigenvalue weighted by atomic mass is 10.1. The summed E-state index contributed by atoms with van der Waals surface area (Å²) in [6.45, 7) is 4.43. The first-order valence-corrected chi connectivity index (χ1v) is 11.9. The van der Waals surface area contributed by atoms with Gasteiger partial charge in [-0.15, -0.1) is 0 Å². The largest absolute Gasteiger partial charge is 0.490 e. The zero-order valence-electron chi connectivity index (χ0n) is 17.1.